The molecule has 2 rings (SSSR count). The molecule has 186 valence electrons. The van der Waals surface area contributed by atoms with Crippen LogP contribution in [0.1, 0.15) is 32.8 Å². The number of carbonyl (C=O) groups is 2. The lowest BCUT2D eigenvalue weighted by molar-refractivity contribution is -0.140. The van der Waals surface area contributed by atoms with Gasteiger partial charge < -0.3 is 10.2 Å². The maximum atomic E-state index is 13.6. The third kappa shape index (κ3) is 7.89. The molecule has 34 heavy (non-hydrogen) atoms. The Balaban J connectivity index is 2.42. The van der Waals surface area contributed by atoms with Gasteiger partial charge in [0.25, 0.3) is 0 Å². The molecule has 0 saturated carbocycles. The molecule has 0 saturated heterocycles. The van der Waals surface area contributed by atoms with Gasteiger partial charge in [0.1, 0.15) is 12.6 Å². The van der Waals surface area contributed by atoms with Gasteiger partial charge in [-0.05, 0) is 48.2 Å². The summed E-state index contributed by atoms with van der Waals surface area (Å²) in [4.78, 5) is 28.0. The van der Waals surface area contributed by atoms with E-state index in [4.69, 9.17) is 23.2 Å². The zero-order chi connectivity index (χ0) is 25.5. The van der Waals surface area contributed by atoms with E-state index in [-0.39, 0.29) is 18.4 Å². The van der Waals surface area contributed by atoms with Crippen LogP contribution in [0.4, 0.5) is 5.69 Å². The summed E-state index contributed by atoms with van der Waals surface area (Å²) >= 11 is 12.3. The number of sulfonamides is 1. The van der Waals surface area contributed by atoms with Crippen molar-refractivity contribution in [3.05, 3.63) is 64.1 Å². The molecule has 0 aromatic heterocycles. The van der Waals surface area contributed by atoms with Crippen molar-refractivity contribution >= 4 is 50.7 Å². The first-order valence-electron chi connectivity index (χ1n) is 11.0. The first-order valence-corrected chi connectivity index (χ1v) is 13.6. The van der Waals surface area contributed by atoms with E-state index in [2.05, 4.69) is 5.32 Å². The van der Waals surface area contributed by atoms with Crippen LogP contribution in [0.3, 0.4) is 0 Å². The monoisotopic (exact) mass is 527 g/mol. The molecule has 0 radical (unpaired) electrons. The van der Waals surface area contributed by atoms with Crippen molar-refractivity contribution in [2.45, 2.75) is 39.8 Å². The third-order valence-electron chi connectivity index (χ3n) is 5.16. The lowest BCUT2D eigenvalue weighted by Crippen LogP contribution is -2.52. The van der Waals surface area contributed by atoms with Crippen LogP contribution in [-0.4, -0.2) is 50.5 Å². The molecular weight excluding hydrogens is 497 g/mol. The van der Waals surface area contributed by atoms with E-state index in [0.29, 0.717) is 34.3 Å². The minimum atomic E-state index is -3.80. The molecule has 0 fully saturated rings. The van der Waals surface area contributed by atoms with Gasteiger partial charge in [0.15, 0.2) is 0 Å². The fourth-order valence-electron chi connectivity index (χ4n) is 3.37. The topological polar surface area (TPSA) is 86.8 Å². The Morgan fingerprint density at radius 2 is 1.65 bits per heavy atom. The molecule has 1 N–H and O–H groups in total. The lowest BCUT2D eigenvalue weighted by atomic mass is 10.1. The van der Waals surface area contributed by atoms with Gasteiger partial charge >= 0.3 is 0 Å². The molecular formula is C24H31Cl2N3O4S. The highest BCUT2D eigenvalue weighted by Gasteiger charge is 2.32. The van der Waals surface area contributed by atoms with Crippen LogP contribution >= 0.6 is 23.2 Å². The predicted octanol–water partition coefficient (Wildman–Crippen LogP) is 4.34. The Kier molecular flexibility index (Phi) is 10.2. The molecule has 2 aromatic carbocycles. The van der Waals surface area contributed by atoms with Crippen LogP contribution in [-0.2, 0) is 26.2 Å². The third-order valence-corrected chi connectivity index (χ3v) is 6.92. The molecule has 0 aliphatic rings. The second-order valence-corrected chi connectivity index (χ2v) is 11.2. The number of rotatable bonds is 11. The van der Waals surface area contributed by atoms with Gasteiger partial charge in [-0.2, -0.15) is 0 Å². The highest BCUT2D eigenvalue weighted by molar-refractivity contribution is 7.92. The van der Waals surface area contributed by atoms with Crippen LogP contribution in [0.15, 0.2) is 48.5 Å². The predicted molar refractivity (Wildman–Crippen MR) is 138 cm³/mol. The fourth-order valence-corrected chi connectivity index (χ4v) is 4.54. The summed E-state index contributed by atoms with van der Waals surface area (Å²) in [6, 6.07) is 12.4. The van der Waals surface area contributed by atoms with Gasteiger partial charge in [0.05, 0.1) is 11.9 Å². The zero-order valence-corrected chi connectivity index (χ0v) is 22.1. The van der Waals surface area contributed by atoms with Gasteiger partial charge in [-0.1, -0.05) is 62.2 Å². The Hall–Kier alpha value is -2.29. The first kappa shape index (κ1) is 28.0. The van der Waals surface area contributed by atoms with Crippen molar-refractivity contribution in [2.24, 2.45) is 5.92 Å². The smallest absolute Gasteiger partial charge is 0.244 e. The Morgan fingerprint density at radius 1 is 1.03 bits per heavy atom. The molecule has 0 spiro atoms. The summed E-state index contributed by atoms with van der Waals surface area (Å²) in [6.07, 6.45) is 1.37. The van der Waals surface area contributed by atoms with Crippen molar-refractivity contribution in [3.8, 4) is 0 Å². The summed E-state index contributed by atoms with van der Waals surface area (Å²) in [7, 11) is -3.80. The van der Waals surface area contributed by atoms with E-state index >= 15 is 0 Å². The highest BCUT2D eigenvalue weighted by Crippen LogP contribution is 2.23. The van der Waals surface area contributed by atoms with E-state index in [1.165, 1.54) is 17.0 Å². The van der Waals surface area contributed by atoms with Crippen LogP contribution < -0.4 is 9.62 Å². The molecule has 0 heterocycles. The zero-order valence-electron chi connectivity index (χ0n) is 19.8. The van der Waals surface area contributed by atoms with E-state index in [1.54, 1.807) is 43.3 Å². The number of carbonyl (C=O) groups excluding carboxylic acids is 2. The van der Waals surface area contributed by atoms with Gasteiger partial charge in [-0.25, -0.2) is 8.42 Å². The Bertz CT molecular complexity index is 1090. The number of nitrogens with one attached hydrogen (secondary N) is 1. The normalized spacial score (nSPS) is 12.3. The van der Waals surface area contributed by atoms with Crippen LogP contribution in [0, 0.1) is 5.92 Å². The molecule has 0 aliphatic heterocycles. The number of anilines is 1. The largest absolute Gasteiger partial charge is 0.354 e. The maximum Gasteiger partial charge on any atom is 0.244 e. The average molecular weight is 529 g/mol. The second-order valence-electron chi connectivity index (χ2n) is 8.42. The molecule has 2 aromatic rings. The molecule has 0 aliphatic carbocycles. The van der Waals surface area contributed by atoms with Crippen LogP contribution in [0.25, 0.3) is 0 Å². The number of amides is 2. The van der Waals surface area contributed by atoms with Crippen molar-refractivity contribution in [1.29, 1.82) is 0 Å². The molecule has 1 atom stereocenters. The number of hydrogen-bond donors (Lipinski definition) is 1. The number of nitrogens with zero attached hydrogens (tertiary/aromatic N) is 2. The Morgan fingerprint density at radius 3 is 2.18 bits per heavy atom. The molecule has 0 bridgehead atoms. The first-order chi connectivity index (χ1) is 15.9. The van der Waals surface area contributed by atoms with Crippen LogP contribution in [0.2, 0.25) is 10.0 Å². The molecule has 2 amide bonds. The van der Waals surface area contributed by atoms with Gasteiger partial charge in [0, 0.05) is 23.1 Å². The van der Waals surface area contributed by atoms with Crippen molar-refractivity contribution in [1.82, 2.24) is 10.2 Å². The second kappa shape index (κ2) is 12.4. The summed E-state index contributed by atoms with van der Waals surface area (Å²) in [5.74, 6) is -0.583. The van der Waals surface area contributed by atoms with E-state index in [1.807, 2.05) is 13.8 Å². The lowest BCUT2D eigenvalue weighted by Gasteiger charge is -2.33. The quantitative estimate of drug-likeness (QED) is 0.470. The van der Waals surface area contributed by atoms with Crippen LogP contribution in [0.5, 0.6) is 0 Å². The van der Waals surface area contributed by atoms with E-state index < -0.39 is 28.5 Å². The van der Waals surface area contributed by atoms with Gasteiger partial charge in [0.2, 0.25) is 21.8 Å². The van der Waals surface area contributed by atoms with E-state index in [0.717, 1.165) is 10.6 Å². The SMILES string of the molecule is CCC(C(=O)NCC(C)C)N(Cc1ccccc1Cl)C(=O)CN(c1ccc(Cl)cc1)S(C)(=O)=O. The van der Waals surface area contributed by atoms with Gasteiger partial charge in [-0.3, -0.25) is 13.9 Å². The number of benzene rings is 2. The molecule has 10 heteroatoms. The number of hydrogen-bond acceptors (Lipinski definition) is 4. The standard InChI is InChI=1S/C24H31Cl2N3O4S/c1-5-22(24(31)27-14-17(2)3)28(15-18-8-6-7-9-21(18)26)23(30)16-29(34(4,32)33)20-12-10-19(25)11-13-20/h6-13,17,22H,5,14-16H2,1-4H3,(H,27,31). The fraction of sp³-hybridized carbons (Fsp3) is 0.417. The summed E-state index contributed by atoms with van der Waals surface area (Å²) in [5, 5.41) is 3.77. The van der Waals surface area contributed by atoms with Crippen molar-refractivity contribution < 1.29 is 18.0 Å². The highest BCUT2D eigenvalue weighted by atomic mass is 35.5. The molecule has 1 unspecified atom stereocenters. The Labute approximate surface area is 212 Å². The van der Waals surface area contributed by atoms with E-state index in [9.17, 15) is 18.0 Å². The average Bonchev–Trinajstić information content (AvgIpc) is 2.77. The molecule has 7 nitrogen and oxygen atoms in total. The number of halogens is 2. The van der Waals surface area contributed by atoms with Crippen molar-refractivity contribution in [2.75, 3.05) is 23.7 Å². The van der Waals surface area contributed by atoms with Crippen molar-refractivity contribution in [3.63, 3.8) is 0 Å². The summed E-state index contributed by atoms with van der Waals surface area (Å²) < 4.78 is 26.1. The summed E-state index contributed by atoms with van der Waals surface area (Å²) in [5.41, 5.74) is 0.959. The maximum absolute atomic E-state index is 13.6. The van der Waals surface area contributed by atoms with Gasteiger partial charge in [-0.15, -0.1) is 0 Å². The minimum Gasteiger partial charge on any atom is -0.354 e. The summed E-state index contributed by atoms with van der Waals surface area (Å²) in [6.45, 7) is 5.81. The minimum absolute atomic E-state index is 0.0599.